The zero-order valence-electron chi connectivity index (χ0n) is 20.4. The molecule has 0 aromatic heterocycles. The molecule has 2 heterocycles. The molecule has 2 saturated heterocycles. The van der Waals surface area contributed by atoms with E-state index in [1.165, 1.54) is 14.2 Å². The second kappa shape index (κ2) is 8.16. The molecule has 0 aromatic rings. The van der Waals surface area contributed by atoms with Crippen molar-refractivity contribution >= 4 is 22.7 Å². The lowest BCUT2D eigenvalue weighted by molar-refractivity contribution is -0.222. The maximum absolute atomic E-state index is 14.1. The van der Waals surface area contributed by atoms with E-state index in [2.05, 4.69) is 20.8 Å². The van der Waals surface area contributed by atoms with E-state index in [1.54, 1.807) is 0 Å². The summed E-state index contributed by atoms with van der Waals surface area (Å²) in [5.41, 5.74) is 1.80. The van der Waals surface area contributed by atoms with Crippen LogP contribution in [0.25, 0.3) is 0 Å². The maximum Gasteiger partial charge on any atom is 0.311 e. The van der Waals surface area contributed by atoms with Gasteiger partial charge in [-0.25, -0.2) is 0 Å². The Kier molecular flexibility index (Phi) is 5.81. The summed E-state index contributed by atoms with van der Waals surface area (Å²) in [5, 5.41) is -0.461. The number of carbonyl (C=O) groups is 2. The smallest absolute Gasteiger partial charge is 0.311 e. The van der Waals surface area contributed by atoms with E-state index in [0.717, 1.165) is 24.0 Å². The number of hydrogen-bond acceptors (Lipinski definition) is 7. The van der Waals surface area contributed by atoms with Crippen LogP contribution in [0.1, 0.15) is 47.0 Å². The van der Waals surface area contributed by atoms with Crippen LogP contribution in [0.2, 0.25) is 0 Å². The fraction of sp³-hybridized carbons (Fsp3) is 0.840. The van der Waals surface area contributed by atoms with Crippen LogP contribution in [-0.4, -0.2) is 59.9 Å². The molecule has 5 rings (SSSR count). The Bertz CT molecular complexity index is 914. The van der Waals surface area contributed by atoms with Gasteiger partial charge < -0.3 is 18.9 Å². The van der Waals surface area contributed by atoms with Crippen LogP contribution in [0.4, 0.5) is 0 Å². The first kappa shape index (κ1) is 23.5. The maximum atomic E-state index is 14.1. The topological polar surface area (TPSA) is 88.1 Å². The molecule has 1 saturated carbocycles. The second-order valence-electron chi connectivity index (χ2n) is 10.7. The number of hydrogen-bond donors (Lipinski definition) is 0. The lowest BCUT2D eigenvalue weighted by Crippen LogP contribution is -2.62. The predicted octanol–water partition coefficient (Wildman–Crippen LogP) is 2.84. The Labute approximate surface area is 198 Å². The highest BCUT2D eigenvalue weighted by Crippen LogP contribution is 2.69. The van der Waals surface area contributed by atoms with E-state index in [9.17, 15) is 13.8 Å². The summed E-state index contributed by atoms with van der Waals surface area (Å²) in [5.74, 6) is -1.39. The van der Waals surface area contributed by atoms with Gasteiger partial charge in [0.1, 0.15) is 0 Å². The number of esters is 2. The second-order valence-corrected chi connectivity index (χ2v) is 12.4. The van der Waals surface area contributed by atoms with Gasteiger partial charge in [-0.3, -0.25) is 13.8 Å². The zero-order valence-corrected chi connectivity index (χ0v) is 21.2. The van der Waals surface area contributed by atoms with Crippen LogP contribution in [0.15, 0.2) is 11.1 Å². The molecular formula is C25H36O7S. The van der Waals surface area contributed by atoms with Crippen molar-refractivity contribution in [3.05, 3.63) is 11.1 Å². The molecular weight excluding hydrogens is 444 g/mol. The number of carbonyl (C=O) groups excluding carboxylic acids is 2. The number of rotatable bonds is 4. The summed E-state index contributed by atoms with van der Waals surface area (Å²) in [7, 11) is 1.62. The van der Waals surface area contributed by atoms with Gasteiger partial charge in [0.15, 0.2) is 6.29 Å². The quantitative estimate of drug-likeness (QED) is 0.452. The van der Waals surface area contributed by atoms with Crippen LogP contribution >= 0.6 is 0 Å². The highest BCUT2D eigenvalue weighted by Gasteiger charge is 2.72. The standard InChI is InChI=1S/C25H36O7S/c1-7-31-15-10-13-12(3)16(23(26)29-5)22-20-17(13)21(32-15)18(24(27)30-6)19-11(2)8-9-14(33(22)28)25(19,20)4/h11-16,18-19,21-22H,7-10H2,1-6H3/t11-,12+,13+,14?,15-,16+,18-,19-,21+,22?,25+,33?/m1/s1. The molecule has 12 atom stereocenters. The van der Waals surface area contributed by atoms with Crippen LogP contribution in [0.3, 0.4) is 0 Å². The summed E-state index contributed by atoms with van der Waals surface area (Å²) in [4.78, 5) is 26.5. The van der Waals surface area contributed by atoms with Crippen LogP contribution in [-0.2, 0) is 39.3 Å². The lowest BCUT2D eigenvalue weighted by atomic mass is 9.46. The van der Waals surface area contributed by atoms with E-state index >= 15 is 0 Å². The third-order valence-electron chi connectivity index (χ3n) is 9.56. The van der Waals surface area contributed by atoms with Gasteiger partial charge in [0.25, 0.3) is 0 Å². The van der Waals surface area contributed by atoms with Gasteiger partial charge in [0, 0.05) is 34.5 Å². The van der Waals surface area contributed by atoms with Crippen molar-refractivity contribution in [2.45, 2.75) is 69.9 Å². The normalized spacial score (nSPS) is 49.9. The van der Waals surface area contributed by atoms with Crippen molar-refractivity contribution in [3.8, 4) is 0 Å². The van der Waals surface area contributed by atoms with Gasteiger partial charge in [-0.1, -0.05) is 20.8 Å². The van der Waals surface area contributed by atoms with Gasteiger partial charge in [0.2, 0.25) is 0 Å². The third-order valence-corrected chi connectivity index (χ3v) is 11.9. The van der Waals surface area contributed by atoms with E-state index in [4.69, 9.17) is 18.9 Å². The minimum atomic E-state index is -1.23. The van der Waals surface area contributed by atoms with Crippen molar-refractivity contribution in [2.24, 2.45) is 40.9 Å². The molecule has 8 heteroatoms. The minimum absolute atomic E-state index is 0.00793. The van der Waals surface area contributed by atoms with Crippen molar-refractivity contribution in [2.75, 3.05) is 20.8 Å². The van der Waals surface area contributed by atoms with Crippen molar-refractivity contribution in [1.82, 2.24) is 0 Å². The van der Waals surface area contributed by atoms with E-state index in [1.807, 2.05) is 6.92 Å². The summed E-state index contributed by atoms with van der Waals surface area (Å²) < 4.78 is 37.2. The highest BCUT2D eigenvalue weighted by atomic mass is 32.2. The third kappa shape index (κ3) is 2.95. The molecule has 0 radical (unpaired) electrons. The Balaban J connectivity index is 1.78. The molecule has 0 amide bonds. The molecule has 3 fully saturated rings. The molecule has 33 heavy (non-hydrogen) atoms. The summed E-state index contributed by atoms with van der Waals surface area (Å²) >= 11 is 0. The van der Waals surface area contributed by atoms with Crippen LogP contribution in [0.5, 0.6) is 0 Å². The van der Waals surface area contributed by atoms with Gasteiger partial charge in [-0.15, -0.1) is 0 Å². The summed E-state index contributed by atoms with van der Waals surface area (Å²) in [6.45, 7) is 8.87. The van der Waals surface area contributed by atoms with Gasteiger partial charge >= 0.3 is 11.9 Å². The molecule has 0 bridgehead atoms. The Morgan fingerprint density at radius 1 is 1.12 bits per heavy atom. The first-order valence-corrected chi connectivity index (χ1v) is 13.6. The molecule has 3 aliphatic carbocycles. The summed E-state index contributed by atoms with van der Waals surface area (Å²) in [6, 6.07) is 0. The SMILES string of the molecule is CCO[C@H]1C[C@@H]2C3=C4C([C@@H](C(=O)OC)[C@H]2C)S(=O)C2CC[C@@H](C)[C@H]([C@@H](C(=O)OC)[C@H]3O1)[C@@]42C. The predicted molar refractivity (Wildman–Crippen MR) is 121 cm³/mol. The molecule has 5 aliphatic rings. The minimum Gasteiger partial charge on any atom is -0.469 e. The van der Waals surface area contributed by atoms with Crippen LogP contribution < -0.4 is 0 Å². The molecule has 0 aromatic carbocycles. The fourth-order valence-corrected chi connectivity index (χ4v) is 11.1. The zero-order chi connectivity index (χ0) is 23.8. The van der Waals surface area contributed by atoms with Gasteiger partial charge in [0.05, 0.1) is 37.4 Å². The van der Waals surface area contributed by atoms with Crippen molar-refractivity contribution in [1.29, 1.82) is 0 Å². The molecule has 3 unspecified atom stereocenters. The number of ether oxygens (including phenoxy) is 4. The molecule has 184 valence electrons. The van der Waals surface area contributed by atoms with E-state index in [0.29, 0.717) is 13.0 Å². The van der Waals surface area contributed by atoms with E-state index < -0.39 is 40.4 Å². The van der Waals surface area contributed by atoms with Crippen molar-refractivity contribution in [3.63, 3.8) is 0 Å². The molecule has 2 aliphatic heterocycles. The first-order chi connectivity index (χ1) is 15.7. The lowest BCUT2D eigenvalue weighted by Gasteiger charge is -2.59. The van der Waals surface area contributed by atoms with Crippen molar-refractivity contribution < 1.29 is 32.7 Å². The average Bonchev–Trinajstić information content (AvgIpc) is 3.02. The van der Waals surface area contributed by atoms with Crippen LogP contribution in [0, 0.1) is 40.9 Å². The Morgan fingerprint density at radius 2 is 1.79 bits per heavy atom. The highest BCUT2D eigenvalue weighted by molar-refractivity contribution is 7.87. The molecule has 0 spiro atoms. The summed E-state index contributed by atoms with van der Waals surface area (Å²) in [6.07, 6.45) is 1.42. The van der Waals surface area contributed by atoms with Gasteiger partial charge in [-0.05, 0) is 54.6 Å². The Morgan fingerprint density at radius 3 is 2.42 bits per heavy atom. The molecule has 7 nitrogen and oxygen atoms in total. The average molecular weight is 481 g/mol. The number of methoxy groups -OCH3 is 2. The monoisotopic (exact) mass is 480 g/mol. The largest absolute Gasteiger partial charge is 0.469 e. The fourth-order valence-electron chi connectivity index (χ4n) is 8.39. The molecule has 0 N–H and O–H groups in total. The van der Waals surface area contributed by atoms with E-state index in [-0.39, 0.29) is 46.1 Å². The van der Waals surface area contributed by atoms with Gasteiger partial charge in [-0.2, -0.15) is 0 Å². The Hall–Kier alpha value is -1.25. The first-order valence-electron chi connectivity index (χ1n) is 12.3.